The van der Waals surface area contributed by atoms with E-state index in [2.05, 4.69) is 24.8 Å². The quantitative estimate of drug-likeness (QED) is 0.816. The van der Waals surface area contributed by atoms with Gasteiger partial charge in [0.15, 0.2) is 0 Å². The van der Waals surface area contributed by atoms with E-state index in [4.69, 9.17) is 0 Å². The highest BCUT2D eigenvalue weighted by Gasteiger charge is 2.35. The lowest BCUT2D eigenvalue weighted by atomic mass is 9.93. The first kappa shape index (κ1) is 12.0. The van der Waals surface area contributed by atoms with Crippen LogP contribution in [-0.2, 0) is 6.42 Å². The lowest BCUT2D eigenvalue weighted by molar-refractivity contribution is 0.0548. The molecule has 1 aliphatic heterocycles. The van der Waals surface area contributed by atoms with Gasteiger partial charge in [0.25, 0.3) is 0 Å². The highest BCUT2D eigenvalue weighted by atomic mass is 16.3. The van der Waals surface area contributed by atoms with E-state index in [0.29, 0.717) is 23.9 Å². The fourth-order valence-corrected chi connectivity index (χ4v) is 3.95. The molecule has 2 aliphatic rings. The first-order valence-electron chi connectivity index (χ1n) is 7.26. The second kappa shape index (κ2) is 4.58. The molecule has 1 heterocycles. The van der Waals surface area contributed by atoms with Gasteiger partial charge in [0.05, 0.1) is 0 Å². The molecule has 1 N–H and O–H groups in total. The van der Waals surface area contributed by atoms with E-state index in [1.807, 2.05) is 12.1 Å². The minimum absolute atomic E-state index is 0.411. The van der Waals surface area contributed by atoms with Crippen molar-refractivity contribution in [2.45, 2.75) is 64.1 Å². The van der Waals surface area contributed by atoms with Gasteiger partial charge < -0.3 is 5.11 Å². The SMILES string of the molecule is CC1CCCC(C)N1C1CCc2cc(O)ccc21. The van der Waals surface area contributed by atoms with Crippen molar-refractivity contribution in [1.29, 1.82) is 0 Å². The fraction of sp³-hybridized carbons (Fsp3) is 0.625. The van der Waals surface area contributed by atoms with E-state index < -0.39 is 0 Å². The van der Waals surface area contributed by atoms with Gasteiger partial charge in [0.1, 0.15) is 5.75 Å². The van der Waals surface area contributed by atoms with Gasteiger partial charge in [-0.25, -0.2) is 0 Å². The van der Waals surface area contributed by atoms with Crippen molar-refractivity contribution in [2.24, 2.45) is 0 Å². The predicted molar refractivity (Wildman–Crippen MR) is 73.8 cm³/mol. The number of likely N-dealkylation sites (tertiary alicyclic amines) is 1. The highest BCUT2D eigenvalue weighted by Crippen LogP contribution is 2.41. The van der Waals surface area contributed by atoms with E-state index in [9.17, 15) is 5.11 Å². The largest absolute Gasteiger partial charge is 0.508 e. The monoisotopic (exact) mass is 245 g/mol. The Kier molecular flexibility index (Phi) is 3.06. The number of aromatic hydroxyl groups is 1. The second-order valence-electron chi connectivity index (χ2n) is 6.01. The molecule has 0 bridgehead atoms. The van der Waals surface area contributed by atoms with E-state index in [-0.39, 0.29) is 0 Å². The first-order valence-corrected chi connectivity index (χ1v) is 7.26. The second-order valence-corrected chi connectivity index (χ2v) is 6.01. The summed E-state index contributed by atoms with van der Waals surface area (Å²) in [6.45, 7) is 4.74. The highest BCUT2D eigenvalue weighted by molar-refractivity contribution is 5.40. The van der Waals surface area contributed by atoms with E-state index >= 15 is 0 Å². The number of nitrogens with zero attached hydrogens (tertiary/aromatic N) is 1. The molecule has 98 valence electrons. The van der Waals surface area contributed by atoms with Crippen LogP contribution in [-0.4, -0.2) is 22.1 Å². The van der Waals surface area contributed by atoms with Gasteiger partial charge in [-0.15, -0.1) is 0 Å². The number of fused-ring (bicyclic) bond motifs is 1. The number of phenolic OH excluding ortho intramolecular Hbond substituents is 1. The fourth-order valence-electron chi connectivity index (χ4n) is 3.95. The summed E-state index contributed by atoms with van der Waals surface area (Å²) in [5.74, 6) is 0.411. The number of hydrogen-bond donors (Lipinski definition) is 1. The van der Waals surface area contributed by atoms with Crippen LogP contribution in [0.3, 0.4) is 0 Å². The summed E-state index contributed by atoms with van der Waals surface area (Å²) >= 11 is 0. The minimum atomic E-state index is 0.411. The summed E-state index contributed by atoms with van der Waals surface area (Å²) < 4.78 is 0. The molecule has 2 heteroatoms. The van der Waals surface area contributed by atoms with E-state index in [1.165, 1.54) is 36.8 Å². The lowest BCUT2D eigenvalue weighted by Crippen LogP contribution is -2.45. The normalized spacial score (nSPS) is 32.4. The van der Waals surface area contributed by atoms with Gasteiger partial charge >= 0.3 is 0 Å². The molecular weight excluding hydrogens is 222 g/mol. The number of hydrogen-bond acceptors (Lipinski definition) is 2. The van der Waals surface area contributed by atoms with Crippen molar-refractivity contribution < 1.29 is 5.11 Å². The maximum absolute atomic E-state index is 9.58. The third kappa shape index (κ3) is 1.93. The molecule has 0 aromatic heterocycles. The van der Waals surface area contributed by atoms with Crippen LogP contribution in [0.4, 0.5) is 0 Å². The van der Waals surface area contributed by atoms with Crippen LogP contribution in [0.2, 0.25) is 0 Å². The van der Waals surface area contributed by atoms with Crippen molar-refractivity contribution in [2.75, 3.05) is 0 Å². The molecule has 3 unspecified atom stereocenters. The third-order valence-corrected chi connectivity index (χ3v) is 4.79. The average molecular weight is 245 g/mol. The Labute approximate surface area is 110 Å². The summed E-state index contributed by atoms with van der Waals surface area (Å²) in [7, 11) is 0. The van der Waals surface area contributed by atoms with Gasteiger partial charge in [-0.1, -0.05) is 12.5 Å². The van der Waals surface area contributed by atoms with Gasteiger partial charge in [0.2, 0.25) is 0 Å². The summed E-state index contributed by atoms with van der Waals surface area (Å²) in [4.78, 5) is 2.71. The lowest BCUT2D eigenvalue weighted by Gasteiger charge is -2.43. The molecule has 3 atom stereocenters. The molecule has 18 heavy (non-hydrogen) atoms. The molecule has 0 amide bonds. The molecular formula is C16H23NO. The topological polar surface area (TPSA) is 23.5 Å². The van der Waals surface area contributed by atoms with Gasteiger partial charge in [0, 0.05) is 18.1 Å². The maximum Gasteiger partial charge on any atom is 0.115 e. The smallest absolute Gasteiger partial charge is 0.115 e. The number of piperidine rings is 1. The Balaban J connectivity index is 1.91. The number of rotatable bonds is 1. The van der Waals surface area contributed by atoms with Crippen LogP contribution < -0.4 is 0 Å². The Morgan fingerprint density at radius 3 is 2.56 bits per heavy atom. The summed E-state index contributed by atoms with van der Waals surface area (Å²) in [5, 5.41) is 9.58. The molecule has 1 aromatic rings. The average Bonchev–Trinajstić information content (AvgIpc) is 2.72. The molecule has 0 saturated carbocycles. The molecule has 1 aromatic carbocycles. The Morgan fingerprint density at radius 1 is 1.11 bits per heavy atom. The van der Waals surface area contributed by atoms with Crippen molar-refractivity contribution in [3.8, 4) is 5.75 Å². The molecule has 3 rings (SSSR count). The first-order chi connectivity index (χ1) is 8.66. The van der Waals surface area contributed by atoms with Gasteiger partial charge in [-0.3, -0.25) is 4.90 Å². The summed E-state index contributed by atoms with van der Waals surface area (Å²) in [6, 6.07) is 7.89. The molecule has 2 nitrogen and oxygen atoms in total. The zero-order chi connectivity index (χ0) is 12.7. The van der Waals surface area contributed by atoms with E-state index in [1.54, 1.807) is 0 Å². The Morgan fingerprint density at radius 2 is 1.83 bits per heavy atom. The van der Waals surface area contributed by atoms with E-state index in [0.717, 1.165) is 6.42 Å². The minimum Gasteiger partial charge on any atom is -0.508 e. The van der Waals surface area contributed by atoms with Crippen LogP contribution >= 0.6 is 0 Å². The standard InChI is InChI=1S/C16H23NO/c1-11-4-3-5-12(2)17(11)16-9-6-13-10-14(18)7-8-15(13)16/h7-8,10-12,16,18H,3-6,9H2,1-2H3. The van der Waals surface area contributed by atoms with Crippen LogP contribution in [0.15, 0.2) is 18.2 Å². The summed E-state index contributed by atoms with van der Waals surface area (Å²) in [6.07, 6.45) is 6.36. The van der Waals surface area contributed by atoms with Crippen LogP contribution in [0.5, 0.6) is 5.75 Å². The van der Waals surface area contributed by atoms with Crippen LogP contribution in [0, 0.1) is 0 Å². The summed E-state index contributed by atoms with van der Waals surface area (Å²) in [5.41, 5.74) is 2.80. The van der Waals surface area contributed by atoms with Gasteiger partial charge in [-0.05, 0) is 62.8 Å². The number of phenols is 1. The predicted octanol–water partition coefficient (Wildman–Crippen LogP) is 3.64. The zero-order valence-corrected chi connectivity index (χ0v) is 11.4. The van der Waals surface area contributed by atoms with Crippen LogP contribution in [0.1, 0.15) is 56.7 Å². The van der Waals surface area contributed by atoms with Crippen molar-refractivity contribution >= 4 is 0 Å². The van der Waals surface area contributed by atoms with Crippen molar-refractivity contribution in [1.82, 2.24) is 4.90 Å². The van der Waals surface area contributed by atoms with Crippen molar-refractivity contribution in [3.05, 3.63) is 29.3 Å². The molecule has 0 radical (unpaired) electrons. The van der Waals surface area contributed by atoms with Crippen molar-refractivity contribution in [3.63, 3.8) is 0 Å². The molecule has 0 spiro atoms. The Bertz CT molecular complexity index is 433. The number of benzene rings is 1. The molecule has 1 aliphatic carbocycles. The Hall–Kier alpha value is -1.02. The zero-order valence-electron chi connectivity index (χ0n) is 11.4. The molecule has 1 fully saturated rings. The third-order valence-electron chi connectivity index (χ3n) is 4.79. The van der Waals surface area contributed by atoms with Crippen LogP contribution in [0.25, 0.3) is 0 Å². The molecule has 1 saturated heterocycles. The maximum atomic E-state index is 9.58. The number of aryl methyl sites for hydroxylation is 1. The van der Waals surface area contributed by atoms with Gasteiger partial charge in [-0.2, -0.15) is 0 Å².